The normalized spacial score (nSPS) is 17.1. The molecule has 0 saturated carbocycles. The third kappa shape index (κ3) is 10.9. The van der Waals surface area contributed by atoms with Crippen LogP contribution >= 0.6 is 0 Å². The maximum Gasteiger partial charge on any atom is 0.246 e. The minimum atomic E-state index is -0.649. The van der Waals surface area contributed by atoms with E-state index in [4.69, 9.17) is 4.74 Å². The monoisotopic (exact) mass is 545 g/mol. The molecule has 1 aromatic carbocycles. The van der Waals surface area contributed by atoms with Gasteiger partial charge in [0.15, 0.2) is 0 Å². The molecule has 3 atom stereocenters. The number of hydrogen-bond donors (Lipinski definition) is 3. The number of likely N-dealkylation sites (tertiary alicyclic amines) is 1. The average Bonchev–Trinajstić information content (AvgIpc) is 3.38. The molecular formula is C30H51N5O4. The van der Waals surface area contributed by atoms with Crippen molar-refractivity contribution in [3.8, 4) is 0 Å². The van der Waals surface area contributed by atoms with E-state index in [1.54, 1.807) is 21.1 Å². The van der Waals surface area contributed by atoms with Crippen LogP contribution in [0.25, 0.3) is 0 Å². The van der Waals surface area contributed by atoms with Gasteiger partial charge in [0.25, 0.3) is 0 Å². The van der Waals surface area contributed by atoms with Crippen LogP contribution < -0.4 is 16.0 Å². The number of nitrogens with one attached hydrogen (secondary N) is 3. The number of nitrogens with zero attached hydrogens (tertiary/aromatic N) is 2. The zero-order valence-corrected chi connectivity index (χ0v) is 24.9. The first-order chi connectivity index (χ1) is 18.6. The number of ether oxygens (including phenoxy) is 1. The molecule has 2 rings (SSSR count). The highest BCUT2D eigenvalue weighted by Crippen LogP contribution is 2.26. The summed E-state index contributed by atoms with van der Waals surface area (Å²) in [5.74, 6) is -0.230. The summed E-state index contributed by atoms with van der Waals surface area (Å²) in [5, 5.41) is 9.20. The molecule has 220 valence electrons. The van der Waals surface area contributed by atoms with Gasteiger partial charge in [-0.1, -0.05) is 51.1 Å². The predicted molar refractivity (Wildman–Crippen MR) is 155 cm³/mol. The standard InChI is InChI=1S/C30H51N5O4/c1-23(31-5)28(37)33-27(30(2,3)4)29(38)35-18-12-15-25(35)22-34(19-16-24-13-8-7-9-14-24)26(36)21-32-17-10-11-20-39-6/h7-9,13-14,23,25,27,31-32H,10-12,15-22H2,1-6H3,(H,33,37)/t23-,25?,27?/m0/s1. The largest absolute Gasteiger partial charge is 0.385 e. The zero-order valence-electron chi connectivity index (χ0n) is 24.9. The summed E-state index contributed by atoms with van der Waals surface area (Å²) in [6.45, 7) is 11.1. The van der Waals surface area contributed by atoms with Gasteiger partial charge in [-0.05, 0) is 63.6 Å². The SMILES string of the molecule is CN[C@@H](C)C(=O)NC(C(=O)N1CCCC1CN(CCc1ccccc1)C(=O)CNCCCCOC)C(C)(C)C. The topological polar surface area (TPSA) is 103 Å². The van der Waals surface area contributed by atoms with Crippen LogP contribution in [0.1, 0.15) is 58.9 Å². The lowest BCUT2D eigenvalue weighted by atomic mass is 9.85. The van der Waals surface area contributed by atoms with Gasteiger partial charge in [-0.25, -0.2) is 0 Å². The van der Waals surface area contributed by atoms with Crippen molar-refractivity contribution in [1.29, 1.82) is 0 Å². The summed E-state index contributed by atoms with van der Waals surface area (Å²) in [4.78, 5) is 43.7. The molecule has 1 aromatic rings. The lowest BCUT2D eigenvalue weighted by Crippen LogP contribution is -2.59. The highest BCUT2D eigenvalue weighted by atomic mass is 16.5. The number of carbonyl (C=O) groups is 3. The Labute approximate surface area is 235 Å². The Morgan fingerprint density at radius 2 is 1.87 bits per heavy atom. The fraction of sp³-hybridized carbons (Fsp3) is 0.700. The molecule has 1 heterocycles. The Morgan fingerprint density at radius 1 is 1.15 bits per heavy atom. The van der Waals surface area contributed by atoms with Crippen molar-refractivity contribution < 1.29 is 19.1 Å². The zero-order chi connectivity index (χ0) is 28.8. The van der Waals surface area contributed by atoms with E-state index in [1.807, 2.05) is 48.8 Å². The maximum absolute atomic E-state index is 13.8. The second-order valence-electron chi connectivity index (χ2n) is 11.6. The molecule has 0 spiro atoms. The van der Waals surface area contributed by atoms with Gasteiger partial charge < -0.3 is 30.5 Å². The molecular weight excluding hydrogens is 494 g/mol. The van der Waals surface area contributed by atoms with Gasteiger partial charge in [-0.2, -0.15) is 0 Å². The van der Waals surface area contributed by atoms with Crippen molar-refractivity contribution in [2.75, 3.05) is 53.5 Å². The van der Waals surface area contributed by atoms with E-state index >= 15 is 0 Å². The average molecular weight is 546 g/mol. The number of likely N-dealkylation sites (N-methyl/N-ethyl adjacent to an activating group) is 1. The van der Waals surface area contributed by atoms with Gasteiger partial charge in [-0.3, -0.25) is 14.4 Å². The van der Waals surface area contributed by atoms with E-state index in [1.165, 1.54) is 5.56 Å². The second kappa shape index (κ2) is 16.6. The Morgan fingerprint density at radius 3 is 2.51 bits per heavy atom. The highest BCUT2D eigenvalue weighted by molar-refractivity contribution is 5.90. The van der Waals surface area contributed by atoms with E-state index < -0.39 is 17.5 Å². The number of rotatable bonds is 16. The molecule has 3 amide bonds. The van der Waals surface area contributed by atoms with Crippen molar-refractivity contribution in [2.24, 2.45) is 5.41 Å². The van der Waals surface area contributed by atoms with Crippen LogP contribution in [0.5, 0.6) is 0 Å². The van der Waals surface area contributed by atoms with E-state index in [9.17, 15) is 14.4 Å². The second-order valence-corrected chi connectivity index (χ2v) is 11.6. The molecule has 0 aliphatic carbocycles. The Hall–Kier alpha value is -2.49. The van der Waals surface area contributed by atoms with Crippen molar-refractivity contribution in [3.05, 3.63) is 35.9 Å². The summed E-state index contributed by atoms with van der Waals surface area (Å²) in [6, 6.07) is 9.03. The molecule has 1 saturated heterocycles. The first-order valence-corrected chi connectivity index (χ1v) is 14.4. The van der Waals surface area contributed by atoms with Crippen molar-refractivity contribution in [2.45, 2.75) is 77.9 Å². The Bertz CT molecular complexity index is 889. The van der Waals surface area contributed by atoms with Crippen LogP contribution in [-0.4, -0.2) is 99.1 Å². The van der Waals surface area contributed by atoms with Crippen molar-refractivity contribution >= 4 is 17.7 Å². The minimum absolute atomic E-state index is 0.0421. The van der Waals surface area contributed by atoms with Crippen molar-refractivity contribution in [3.63, 3.8) is 0 Å². The molecule has 0 aromatic heterocycles. The molecule has 1 aliphatic rings. The lowest BCUT2D eigenvalue weighted by molar-refractivity contribution is -0.142. The quantitative estimate of drug-likeness (QED) is 0.275. The minimum Gasteiger partial charge on any atom is -0.385 e. The molecule has 1 fully saturated rings. The van der Waals surface area contributed by atoms with E-state index in [-0.39, 0.29) is 30.3 Å². The number of carbonyl (C=O) groups excluding carboxylic acids is 3. The van der Waals surface area contributed by atoms with Gasteiger partial charge in [0.05, 0.1) is 12.6 Å². The molecule has 1 aliphatic heterocycles. The number of methoxy groups -OCH3 is 1. The van der Waals surface area contributed by atoms with Gasteiger partial charge in [-0.15, -0.1) is 0 Å². The fourth-order valence-electron chi connectivity index (χ4n) is 4.81. The van der Waals surface area contributed by atoms with Crippen LogP contribution in [-0.2, 0) is 25.5 Å². The predicted octanol–water partition coefficient (Wildman–Crippen LogP) is 2.20. The van der Waals surface area contributed by atoms with E-state index in [0.29, 0.717) is 26.2 Å². The van der Waals surface area contributed by atoms with Crippen LogP contribution in [0.2, 0.25) is 0 Å². The summed E-state index contributed by atoms with van der Waals surface area (Å²) in [6.07, 6.45) is 4.37. The molecule has 2 unspecified atom stereocenters. The van der Waals surface area contributed by atoms with Gasteiger partial charge in [0.1, 0.15) is 6.04 Å². The van der Waals surface area contributed by atoms with Gasteiger partial charge in [0.2, 0.25) is 17.7 Å². The van der Waals surface area contributed by atoms with Crippen molar-refractivity contribution in [1.82, 2.24) is 25.8 Å². The summed E-state index contributed by atoms with van der Waals surface area (Å²) >= 11 is 0. The van der Waals surface area contributed by atoms with Gasteiger partial charge >= 0.3 is 0 Å². The number of benzene rings is 1. The molecule has 9 heteroatoms. The smallest absolute Gasteiger partial charge is 0.246 e. The molecule has 3 N–H and O–H groups in total. The van der Waals surface area contributed by atoms with Crippen LogP contribution in [0, 0.1) is 5.41 Å². The molecule has 0 radical (unpaired) electrons. The fourth-order valence-corrected chi connectivity index (χ4v) is 4.81. The number of amides is 3. The van der Waals surface area contributed by atoms with Crippen LogP contribution in [0.15, 0.2) is 30.3 Å². The lowest BCUT2D eigenvalue weighted by Gasteiger charge is -2.37. The summed E-state index contributed by atoms with van der Waals surface area (Å²) < 4.78 is 5.10. The number of unbranched alkanes of at least 4 members (excludes halogenated alkanes) is 1. The third-order valence-electron chi connectivity index (χ3n) is 7.41. The van der Waals surface area contributed by atoms with E-state index in [0.717, 1.165) is 38.6 Å². The van der Waals surface area contributed by atoms with Crippen LogP contribution in [0.3, 0.4) is 0 Å². The first kappa shape index (κ1) is 32.7. The molecule has 39 heavy (non-hydrogen) atoms. The molecule has 0 bridgehead atoms. The Kier molecular flexibility index (Phi) is 13.9. The Balaban J connectivity index is 2.12. The summed E-state index contributed by atoms with van der Waals surface area (Å²) in [7, 11) is 3.42. The number of hydrogen-bond acceptors (Lipinski definition) is 6. The maximum atomic E-state index is 13.8. The third-order valence-corrected chi connectivity index (χ3v) is 7.41. The van der Waals surface area contributed by atoms with Gasteiger partial charge in [0, 0.05) is 39.4 Å². The molecule has 9 nitrogen and oxygen atoms in total. The van der Waals surface area contributed by atoms with Crippen LogP contribution in [0.4, 0.5) is 0 Å². The first-order valence-electron chi connectivity index (χ1n) is 14.4. The summed E-state index contributed by atoms with van der Waals surface area (Å²) in [5.41, 5.74) is 0.722. The highest BCUT2D eigenvalue weighted by Gasteiger charge is 2.40. The van der Waals surface area contributed by atoms with E-state index in [2.05, 4.69) is 28.1 Å².